The second kappa shape index (κ2) is 5.13. The topological polar surface area (TPSA) is 55.0 Å². The first-order valence-electron chi connectivity index (χ1n) is 6.96. The molecule has 0 saturated carbocycles. The number of nitrogens with two attached hydrogens (primary N) is 1. The Morgan fingerprint density at radius 3 is 2.84 bits per heavy atom. The van der Waals surface area contributed by atoms with Crippen LogP contribution in [0.4, 0.5) is 5.82 Å². The summed E-state index contributed by atoms with van der Waals surface area (Å²) in [7, 11) is 0. The van der Waals surface area contributed by atoms with Crippen molar-refractivity contribution in [1.29, 1.82) is 0 Å². The predicted octanol–water partition coefficient (Wildman–Crippen LogP) is 2.11. The summed E-state index contributed by atoms with van der Waals surface area (Å²) in [5.74, 6) is 1.59. The molecule has 0 bridgehead atoms. The van der Waals surface area contributed by atoms with Crippen LogP contribution in [0.2, 0.25) is 0 Å². The molecule has 0 amide bonds. The maximum atomic E-state index is 5.82. The van der Waals surface area contributed by atoms with Gasteiger partial charge in [-0.1, -0.05) is 24.3 Å². The Labute approximate surface area is 113 Å². The number of hydrogen-bond donors (Lipinski definition) is 1. The third kappa shape index (κ3) is 2.28. The third-order valence-electron chi connectivity index (χ3n) is 4.00. The van der Waals surface area contributed by atoms with Crippen LogP contribution in [-0.4, -0.2) is 29.8 Å². The Bertz CT molecular complexity index is 581. The number of anilines is 1. The molecule has 1 unspecified atom stereocenters. The molecule has 1 fully saturated rings. The van der Waals surface area contributed by atoms with Crippen molar-refractivity contribution in [3.8, 4) is 0 Å². The van der Waals surface area contributed by atoms with Crippen LogP contribution >= 0.6 is 0 Å². The zero-order valence-corrected chi connectivity index (χ0v) is 11.3. The summed E-state index contributed by atoms with van der Waals surface area (Å²) >= 11 is 0. The van der Waals surface area contributed by atoms with E-state index in [1.54, 1.807) is 0 Å². The minimum atomic E-state index is 0.579. The molecule has 0 radical (unpaired) electrons. The van der Waals surface area contributed by atoms with E-state index in [1.807, 2.05) is 6.92 Å². The predicted molar refractivity (Wildman–Crippen MR) is 78.3 cm³/mol. The van der Waals surface area contributed by atoms with Gasteiger partial charge in [-0.2, -0.15) is 5.10 Å². The zero-order valence-electron chi connectivity index (χ0n) is 11.3. The molecule has 0 aliphatic carbocycles. The van der Waals surface area contributed by atoms with E-state index in [0.29, 0.717) is 5.92 Å². The Balaban J connectivity index is 2.03. The van der Waals surface area contributed by atoms with Gasteiger partial charge in [0.25, 0.3) is 0 Å². The summed E-state index contributed by atoms with van der Waals surface area (Å²) in [5.41, 5.74) is 6.81. The van der Waals surface area contributed by atoms with E-state index in [-0.39, 0.29) is 0 Å². The number of aryl methyl sites for hydroxylation is 1. The van der Waals surface area contributed by atoms with Crippen molar-refractivity contribution >= 4 is 16.6 Å². The smallest absolute Gasteiger partial charge is 0.159 e. The molecule has 4 heteroatoms. The molecule has 2 aromatic rings. The minimum Gasteiger partial charge on any atom is -0.354 e. The lowest BCUT2D eigenvalue weighted by molar-refractivity contribution is 0.421. The molecule has 1 aromatic heterocycles. The Morgan fingerprint density at radius 1 is 1.26 bits per heavy atom. The fourth-order valence-corrected chi connectivity index (χ4v) is 2.91. The molecule has 1 aliphatic heterocycles. The molecule has 0 spiro atoms. The molecular formula is C15H20N4. The average molecular weight is 256 g/mol. The average Bonchev–Trinajstić information content (AvgIpc) is 2.48. The second-order valence-corrected chi connectivity index (χ2v) is 5.34. The summed E-state index contributed by atoms with van der Waals surface area (Å²) in [5, 5.41) is 11.1. The SMILES string of the molecule is Cc1nnc(N2CCCC(CN)C2)c2ccccc12. The maximum absolute atomic E-state index is 5.82. The van der Waals surface area contributed by atoms with Crippen molar-refractivity contribution in [2.24, 2.45) is 11.7 Å². The molecular weight excluding hydrogens is 236 g/mol. The van der Waals surface area contributed by atoms with Crippen LogP contribution in [0.5, 0.6) is 0 Å². The lowest BCUT2D eigenvalue weighted by Gasteiger charge is -2.33. The number of aromatic nitrogens is 2. The van der Waals surface area contributed by atoms with Gasteiger partial charge in [0.15, 0.2) is 5.82 Å². The van der Waals surface area contributed by atoms with Crippen LogP contribution in [-0.2, 0) is 0 Å². The van der Waals surface area contributed by atoms with E-state index in [9.17, 15) is 0 Å². The number of hydrogen-bond acceptors (Lipinski definition) is 4. The van der Waals surface area contributed by atoms with Crippen molar-refractivity contribution in [2.75, 3.05) is 24.5 Å². The van der Waals surface area contributed by atoms with Gasteiger partial charge in [-0.3, -0.25) is 0 Å². The van der Waals surface area contributed by atoms with Gasteiger partial charge in [-0.15, -0.1) is 5.10 Å². The van der Waals surface area contributed by atoms with Gasteiger partial charge >= 0.3 is 0 Å². The summed E-state index contributed by atoms with van der Waals surface area (Å²) in [6, 6.07) is 8.38. The second-order valence-electron chi connectivity index (χ2n) is 5.34. The van der Waals surface area contributed by atoms with Gasteiger partial charge in [0.2, 0.25) is 0 Å². The Morgan fingerprint density at radius 2 is 2.05 bits per heavy atom. The monoisotopic (exact) mass is 256 g/mol. The van der Waals surface area contributed by atoms with E-state index >= 15 is 0 Å². The highest BCUT2D eigenvalue weighted by atomic mass is 15.3. The number of benzene rings is 1. The van der Waals surface area contributed by atoms with Crippen molar-refractivity contribution < 1.29 is 0 Å². The van der Waals surface area contributed by atoms with E-state index in [0.717, 1.165) is 31.1 Å². The van der Waals surface area contributed by atoms with Crippen LogP contribution in [0, 0.1) is 12.8 Å². The zero-order chi connectivity index (χ0) is 13.2. The molecule has 1 saturated heterocycles. The van der Waals surface area contributed by atoms with Crippen molar-refractivity contribution in [2.45, 2.75) is 19.8 Å². The van der Waals surface area contributed by atoms with E-state index in [1.165, 1.54) is 23.6 Å². The minimum absolute atomic E-state index is 0.579. The maximum Gasteiger partial charge on any atom is 0.159 e. The highest BCUT2D eigenvalue weighted by Gasteiger charge is 2.21. The van der Waals surface area contributed by atoms with Crippen LogP contribution < -0.4 is 10.6 Å². The van der Waals surface area contributed by atoms with Gasteiger partial charge in [-0.05, 0) is 32.2 Å². The molecule has 19 heavy (non-hydrogen) atoms. The van der Waals surface area contributed by atoms with E-state index in [2.05, 4.69) is 39.4 Å². The highest BCUT2D eigenvalue weighted by Crippen LogP contribution is 2.28. The molecule has 1 atom stereocenters. The molecule has 2 heterocycles. The van der Waals surface area contributed by atoms with E-state index < -0.39 is 0 Å². The molecule has 1 aromatic carbocycles. The molecule has 3 rings (SSSR count). The van der Waals surface area contributed by atoms with Crippen molar-refractivity contribution in [3.05, 3.63) is 30.0 Å². The van der Waals surface area contributed by atoms with Gasteiger partial charge in [0.05, 0.1) is 5.69 Å². The van der Waals surface area contributed by atoms with E-state index in [4.69, 9.17) is 5.73 Å². The first-order chi connectivity index (χ1) is 9.29. The summed E-state index contributed by atoms with van der Waals surface area (Å²) in [4.78, 5) is 2.34. The van der Waals surface area contributed by atoms with Gasteiger partial charge in [-0.25, -0.2) is 0 Å². The van der Waals surface area contributed by atoms with Crippen LogP contribution in [0.1, 0.15) is 18.5 Å². The standard InChI is InChI=1S/C15H20N4/c1-11-13-6-2-3-7-14(13)15(18-17-11)19-8-4-5-12(9-16)10-19/h2-3,6-7,12H,4-5,8-10,16H2,1H3. The third-order valence-corrected chi connectivity index (χ3v) is 4.00. The molecule has 4 nitrogen and oxygen atoms in total. The lowest BCUT2D eigenvalue weighted by Crippen LogP contribution is -2.39. The lowest BCUT2D eigenvalue weighted by atomic mass is 9.98. The Hall–Kier alpha value is -1.68. The van der Waals surface area contributed by atoms with Gasteiger partial charge < -0.3 is 10.6 Å². The molecule has 100 valence electrons. The first kappa shape index (κ1) is 12.4. The summed E-state index contributed by atoms with van der Waals surface area (Å²) in [6.07, 6.45) is 2.41. The quantitative estimate of drug-likeness (QED) is 0.894. The van der Waals surface area contributed by atoms with Crippen molar-refractivity contribution in [1.82, 2.24) is 10.2 Å². The number of nitrogens with zero attached hydrogens (tertiary/aromatic N) is 3. The van der Waals surface area contributed by atoms with Gasteiger partial charge in [0, 0.05) is 23.9 Å². The first-order valence-corrected chi connectivity index (χ1v) is 6.96. The number of rotatable bonds is 2. The highest BCUT2D eigenvalue weighted by molar-refractivity contribution is 5.93. The fourth-order valence-electron chi connectivity index (χ4n) is 2.91. The normalized spacial score (nSPS) is 19.9. The van der Waals surface area contributed by atoms with Crippen LogP contribution in [0.3, 0.4) is 0 Å². The molecule has 2 N–H and O–H groups in total. The summed E-state index contributed by atoms with van der Waals surface area (Å²) < 4.78 is 0. The molecule has 1 aliphatic rings. The van der Waals surface area contributed by atoms with Crippen LogP contribution in [0.25, 0.3) is 10.8 Å². The summed E-state index contributed by atoms with van der Waals surface area (Å²) in [6.45, 7) is 4.82. The largest absolute Gasteiger partial charge is 0.354 e. The van der Waals surface area contributed by atoms with Crippen molar-refractivity contribution in [3.63, 3.8) is 0 Å². The number of piperidine rings is 1. The van der Waals surface area contributed by atoms with Gasteiger partial charge in [0.1, 0.15) is 0 Å². The van der Waals surface area contributed by atoms with Crippen LogP contribution in [0.15, 0.2) is 24.3 Å². The Kier molecular flexibility index (Phi) is 3.34. The number of fused-ring (bicyclic) bond motifs is 1. The fraction of sp³-hybridized carbons (Fsp3) is 0.467.